The van der Waals surface area contributed by atoms with Gasteiger partial charge in [-0.2, -0.15) is 0 Å². The first-order valence-corrected chi connectivity index (χ1v) is 7.51. The second-order valence-corrected chi connectivity index (χ2v) is 7.83. The van der Waals surface area contributed by atoms with Gasteiger partial charge in [-0.1, -0.05) is 39.0 Å². The van der Waals surface area contributed by atoms with Crippen LogP contribution < -0.4 is 11.5 Å². The number of carboxylic acids is 1. The summed E-state index contributed by atoms with van der Waals surface area (Å²) < 4.78 is 25.6. The lowest BCUT2D eigenvalue weighted by molar-refractivity contribution is -0.140. The minimum absolute atomic E-state index is 0.0471. The molecule has 0 bridgehead atoms. The van der Waals surface area contributed by atoms with E-state index in [1.807, 2.05) is 0 Å². The molecule has 1 aromatic carbocycles. The minimum Gasteiger partial charge on any atom is -0.480 e. The second kappa shape index (κ2) is 5.16. The zero-order valence-corrected chi connectivity index (χ0v) is 12.5. The van der Waals surface area contributed by atoms with E-state index in [0.717, 1.165) is 0 Å². The van der Waals surface area contributed by atoms with Crippen LogP contribution in [0.25, 0.3) is 0 Å². The van der Waals surface area contributed by atoms with Crippen LogP contribution in [0.3, 0.4) is 0 Å². The van der Waals surface area contributed by atoms with Gasteiger partial charge in [0.15, 0.2) is 14.7 Å². The number of aliphatic carboxylic acids is 1. The predicted molar refractivity (Wildman–Crippen MR) is 75.6 cm³/mol. The fourth-order valence-corrected chi connectivity index (χ4v) is 4.16. The van der Waals surface area contributed by atoms with E-state index in [2.05, 4.69) is 0 Å². The molecule has 0 fully saturated rings. The summed E-state index contributed by atoms with van der Waals surface area (Å²) >= 11 is 0. The van der Waals surface area contributed by atoms with Gasteiger partial charge in [-0.15, -0.1) is 0 Å². The van der Waals surface area contributed by atoms with Gasteiger partial charge in [-0.25, -0.2) is 8.42 Å². The van der Waals surface area contributed by atoms with E-state index in [1.165, 1.54) is 12.1 Å². The zero-order chi connectivity index (χ0) is 15.8. The van der Waals surface area contributed by atoms with Crippen LogP contribution in [0.5, 0.6) is 0 Å². The number of carboxylic acid groups (broad SMARTS) is 1. The topological polar surface area (TPSA) is 123 Å². The van der Waals surface area contributed by atoms with E-state index < -0.39 is 32.1 Å². The van der Waals surface area contributed by atoms with Crippen LogP contribution in [0, 0.1) is 5.41 Å². The van der Waals surface area contributed by atoms with Crippen molar-refractivity contribution in [2.75, 3.05) is 0 Å². The Kier molecular flexibility index (Phi) is 4.28. The normalized spacial score (nSPS) is 17.2. The van der Waals surface area contributed by atoms with E-state index in [4.69, 9.17) is 16.6 Å². The van der Waals surface area contributed by atoms with Crippen molar-refractivity contribution in [3.05, 3.63) is 30.3 Å². The van der Waals surface area contributed by atoms with Crippen molar-refractivity contribution >= 4 is 15.8 Å². The second-order valence-electron chi connectivity index (χ2n) is 5.68. The Morgan fingerprint density at radius 2 is 1.65 bits per heavy atom. The minimum atomic E-state index is -4.13. The molecule has 0 spiro atoms. The van der Waals surface area contributed by atoms with E-state index in [9.17, 15) is 13.2 Å². The molecule has 5 N–H and O–H groups in total. The Hall–Kier alpha value is -1.44. The molecule has 0 aliphatic rings. The summed E-state index contributed by atoms with van der Waals surface area (Å²) in [5.74, 6) is -1.46. The lowest BCUT2D eigenvalue weighted by Crippen LogP contribution is -2.70. The fourth-order valence-electron chi connectivity index (χ4n) is 2.01. The van der Waals surface area contributed by atoms with Crippen LogP contribution in [-0.2, 0) is 14.6 Å². The van der Waals surface area contributed by atoms with E-state index >= 15 is 0 Å². The SMILES string of the molecule is CC(C)(C)C(N)([C@@H](N)C(=O)O)S(=O)(=O)c1ccccc1. The summed E-state index contributed by atoms with van der Waals surface area (Å²) in [7, 11) is -4.13. The number of rotatable bonds is 4. The van der Waals surface area contributed by atoms with Crippen molar-refractivity contribution in [1.29, 1.82) is 0 Å². The molecule has 0 saturated carbocycles. The fraction of sp³-hybridized carbons (Fsp3) is 0.462. The maximum absolute atomic E-state index is 12.8. The number of carbonyl (C=O) groups is 1. The maximum Gasteiger partial charge on any atom is 0.323 e. The van der Waals surface area contributed by atoms with Crippen molar-refractivity contribution < 1.29 is 18.3 Å². The lowest BCUT2D eigenvalue weighted by Gasteiger charge is -2.42. The summed E-state index contributed by atoms with van der Waals surface area (Å²) in [6.07, 6.45) is 0. The molecule has 0 amide bonds. The van der Waals surface area contributed by atoms with Crippen molar-refractivity contribution in [3.63, 3.8) is 0 Å². The first-order chi connectivity index (χ1) is 8.96. The monoisotopic (exact) mass is 300 g/mol. The Morgan fingerprint density at radius 3 is 2.00 bits per heavy atom. The van der Waals surface area contributed by atoms with Crippen LogP contribution in [-0.4, -0.2) is 30.4 Å². The van der Waals surface area contributed by atoms with Gasteiger partial charge < -0.3 is 16.6 Å². The molecular formula is C13H20N2O4S. The highest BCUT2D eigenvalue weighted by Crippen LogP contribution is 2.38. The quantitative estimate of drug-likeness (QED) is 0.747. The first-order valence-electron chi connectivity index (χ1n) is 6.03. The summed E-state index contributed by atoms with van der Waals surface area (Å²) in [5.41, 5.74) is 10.6. The van der Waals surface area contributed by atoms with E-state index in [1.54, 1.807) is 39.0 Å². The summed E-state index contributed by atoms with van der Waals surface area (Å²) in [6.45, 7) is 4.66. The highest BCUT2D eigenvalue weighted by molar-refractivity contribution is 7.93. The Balaban J connectivity index is 3.59. The third-order valence-corrected chi connectivity index (χ3v) is 6.05. The van der Waals surface area contributed by atoms with Crippen molar-refractivity contribution in [3.8, 4) is 0 Å². The maximum atomic E-state index is 12.8. The van der Waals surface area contributed by atoms with Crippen molar-refractivity contribution in [2.45, 2.75) is 36.6 Å². The molecule has 7 heteroatoms. The van der Waals surface area contributed by atoms with Gasteiger partial charge in [0.25, 0.3) is 0 Å². The Bertz CT molecular complexity index is 593. The average molecular weight is 300 g/mol. The smallest absolute Gasteiger partial charge is 0.323 e. The molecule has 0 saturated heterocycles. The molecule has 112 valence electrons. The molecule has 0 aromatic heterocycles. The average Bonchev–Trinajstić information content (AvgIpc) is 2.36. The van der Waals surface area contributed by atoms with Crippen LogP contribution in [0.1, 0.15) is 20.8 Å². The highest BCUT2D eigenvalue weighted by Gasteiger charge is 2.57. The van der Waals surface area contributed by atoms with Gasteiger partial charge in [0.05, 0.1) is 4.90 Å². The van der Waals surface area contributed by atoms with Crippen LogP contribution in [0.15, 0.2) is 35.2 Å². The van der Waals surface area contributed by atoms with Gasteiger partial charge in [0, 0.05) is 0 Å². The molecule has 0 aliphatic carbocycles. The van der Waals surface area contributed by atoms with Gasteiger partial charge in [0.2, 0.25) is 0 Å². The van der Waals surface area contributed by atoms with Crippen molar-refractivity contribution in [1.82, 2.24) is 0 Å². The molecule has 1 aromatic rings. The van der Waals surface area contributed by atoms with Crippen LogP contribution in [0.4, 0.5) is 0 Å². The van der Waals surface area contributed by atoms with Gasteiger partial charge in [0.1, 0.15) is 6.04 Å². The molecule has 1 rings (SSSR count). The third-order valence-electron chi connectivity index (χ3n) is 3.40. The standard InChI is InChI=1S/C13H20N2O4S/c1-12(2,3)13(15,10(14)11(16)17)20(18,19)9-7-5-4-6-8-9/h4-8,10H,14-15H2,1-3H3,(H,16,17)/t10-,13?/m0/s1. The molecule has 0 aliphatic heterocycles. The Morgan fingerprint density at radius 1 is 1.20 bits per heavy atom. The largest absolute Gasteiger partial charge is 0.480 e. The van der Waals surface area contributed by atoms with Gasteiger partial charge in [-0.3, -0.25) is 4.79 Å². The number of benzene rings is 1. The molecular weight excluding hydrogens is 280 g/mol. The van der Waals surface area contributed by atoms with E-state index in [-0.39, 0.29) is 4.90 Å². The summed E-state index contributed by atoms with van der Waals surface area (Å²) in [6, 6.07) is 5.75. The molecule has 20 heavy (non-hydrogen) atoms. The number of nitrogens with two attached hydrogens (primary N) is 2. The highest BCUT2D eigenvalue weighted by atomic mass is 32.2. The zero-order valence-electron chi connectivity index (χ0n) is 11.7. The molecule has 0 radical (unpaired) electrons. The van der Waals surface area contributed by atoms with Gasteiger partial charge >= 0.3 is 5.97 Å². The van der Waals surface area contributed by atoms with Crippen molar-refractivity contribution in [2.24, 2.45) is 16.9 Å². The third kappa shape index (κ3) is 2.44. The van der Waals surface area contributed by atoms with Crippen LogP contribution in [0.2, 0.25) is 0 Å². The molecule has 1 unspecified atom stereocenters. The molecule has 2 atom stereocenters. The summed E-state index contributed by atoms with van der Waals surface area (Å²) in [5, 5.41) is 9.12. The number of hydrogen-bond donors (Lipinski definition) is 3. The van der Waals surface area contributed by atoms with E-state index in [0.29, 0.717) is 0 Å². The molecule has 6 nitrogen and oxygen atoms in total. The number of hydrogen-bond acceptors (Lipinski definition) is 5. The Labute approximate surface area is 118 Å². The first kappa shape index (κ1) is 16.6. The van der Waals surface area contributed by atoms with Crippen LogP contribution >= 0.6 is 0 Å². The number of sulfone groups is 1. The predicted octanol–water partition coefficient (Wildman–Crippen LogP) is 0.573. The van der Waals surface area contributed by atoms with Gasteiger partial charge in [-0.05, 0) is 17.5 Å². The molecule has 0 heterocycles. The summed E-state index contributed by atoms with van der Waals surface area (Å²) in [4.78, 5) is 9.02. The lowest BCUT2D eigenvalue weighted by atomic mass is 9.82.